The van der Waals surface area contributed by atoms with E-state index in [1.54, 1.807) is 17.7 Å². The number of aromatic nitrogens is 3. The topological polar surface area (TPSA) is 65.4 Å². The van der Waals surface area contributed by atoms with Crippen LogP contribution in [0.25, 0.3) is 21.6 Å². The largest absolute Gasteiger partial charge is 0.345 e. The normalized spacial score (nSPS) is 12.4. The van der Waals surface area contributed by atoms with Crippen LogP contribution < -0.4 is 0 Å². The number of H-pyrrole nitrogens is 1. The van der Waals surface area contributed by atoms with Crippen LogP contribution in [0, 0.1) is 11.3 Å². The molecule has 3 rings (SSSR count). The molecule has 19 heavy (non-hydrogen) atoms. The second-order valence-electron chi connectivity index (χ2n) is 4.30. The zero-order valence-corrected chi connectivity index (χ0v) is 11.2. The fraction of sp³-hybridized carbons (Fsp3) is 0.214. The van der Waals surface area contributed by atoms with Gasteiger partial charge in [-0.2, -0.15) is 5.26 Å². The molecule has 0 aliphatic rings. The smallest absolute Gasteiger partial charge is 0.123 e. The maximum atomic E-state index is 9.07. The highest BCUT2D eigenvalue weighted by Gasteiger charge is 2.13. The highest BCUT2D eigenvalue weighted by molar-refractivity contribution is 7.13. The summed E-state index contributed by atoms with van der Waals surface area (Å²) in [4.78, 5) is 11.9. The van der Waals surface area contributed by atoms with Crippen LogP contribution in [0.2, 0.25) is 0 Å². The number of benzene rings is 1. The van der Waals surface area contributed by atoms with Gasteiger partial charge in [-0.25, -0.2) is 9.97 Å². The van der Waals surface area contributed by atoms with Crippen molar-refractivity contribution < 1.29 is 0 Å². The third-order valence-corrected chi connectivity index (χ3v) is 4.02. The van der Waals surface area contributed by atoms with Gasteiger partial charge in [0.25, 0.3) is 0 Å². The molecule has 1 atom stereocenters. The van der Waals surface area contributed by atoms with E-state index in [9.17, 15) is 0 Å². The van der Waals surface area contributed by atoms with Gasteiger partial charge in [0, 0.05) is 10.9 Å². The van der Waals surface area contributed by atoms with E-state index in [1.807, 2.05) is 30.5 Å². The zero-order valence-electron chi connectivity index (χ0n) is 10.4. The number of nitrogens with one attached hydrogen (secondary N) is 1. The van der Waals surface area contributed by atoms with Gasteiger partial charge in [0.15, 0.2) is 0 Å². The molecule has 0 aliphatic heterocycles. The lowest BCUT2D eigenvalue weighted by Gasteiger charge is -2.00. The monoisotopic (exact) mass is 268 g/mol. The molecule has 1 aromatic carbocycles. The standard InChI is InChI=1S/C14H12N4S/c1-2-9(6-15)13-7-19-14(18-13)10-3-4-11-12(5-10)17-8-16-11/h3-5,7-9H,2H2,1H3,(H,16,17). The van der Waals surface area contributed by atoms with Gasteiger partial charge in [-0.3, -0.25) is 0 Å². The van der Waals surface area contributed by atoms with E-state index in [4.69, 9.17) is 5.26 Å². The van der Waals surface area contributed by atoms with Crippen molar-refractivity contribution in [2.75, 3.05) is 0 Å². The first-order chi connectivity index (χ1) is 9.31. The van der Waals surface area contributed by atoms with Crippen LogP contribution in [-0.4, -0.2) is 15.0 Å². The number of imidazole rings is 1. The van der Waals surface area contributed by atoms with Crippen LogP contribution in [0.3, 0.4) is 0 Å². The number of hydrogen-bond donors (Lipinski definition) is 1. The Morgan fingerprint density at radius 3 is 3.16 bits per heavy atom. The minimum atomic E-state index is -0.110. The third kappa shape index (κ3) is 2.11. The molecular weight excluding hydrogens is 256 g/mol. The van der Waals surface area contributed by atoms with Crippen molar-refractivity contribution in [2.24, 2.45) is 0 Å². The molecule has 0 bridgehead atoms. The minimum absolute atomic E-state index is 0.110. The van der Waals surface area contributed by atoms with E-state index < -0.39 is 0 Å². The van der Waals surface area contributed by atoms with Crippen LogP contribution >= 0.6 is 11.3 Å². The average molecular weight is 268 g/mol. The second-order valence-corrected chi connectivity index (χ2v) is 5.16. The zero-order chi connectivity index (χ0) is 13.2. The molecule has 2 heterocycles. The van der Waals surface area contributed by atoms with Crippen molar-refractivity contribution in [2.45, 2.75) is 19.3 Å². The molecule has 5 heteroatoms. The molecule has 2 aromatic heterocycles. The Labute approximate surface area is 114 Å². The first-order valence-corrected chi connectivity index (χ1v) is 6.98. The van der Waals surface area contributed by atoms with Crippen LogP contribution in [-0.2, 0) is 0 Å². The van der Waals surface area contributed by atoms with Gasteiger partial charge >= 0.3 is 0 Å². The summed E-state index contributed by atoms with van der Waals surface area (Å²) in [6.45, 7) is 2.00. The van der Waals surface area contributed by atoms with Crippen LogP contribution in [0.5, 0.6) is 0 Å². The summed E-state index contributed by atoms with van der Waals surface area (Å²) in [6.07, 6.45) is 2.48. The van der Waals surface area contributed by atoms with Gasteiger partial charge in [0.1, 0.15) is 5.01 Å². The number of rotatable bonds is 3. The number of hydrogen-bond acceptors (Lipinski definition) is 4. The van der Waals surface area contributed by atoms with Crippen molar-refractivity contribution in [1.29, 1.82) is 5.26 Å². The number of thiazole rings is 1. The number of fused-ring (bicyclic) bond motifs is 1. The highest BCUT2D eigenvalue weighted by atomic mass is 32.1. The number of aromatic amines is 1. The van der Waals surface area contributed by atoms with E-state index >= 15 is 0 Å². The maximum Gasteiger partial charge on any atom is 0.123 e. The third-order valence-electron chi connectivity index (χ3n) is 3.11. The molecule has 0 amide bonds. The molecule has 0 radical (unpaired) electrons. The molecule has 0 fully saturated rings. The summed E-state index contributed by atoms with van der Waals surface area (Å²) in [7, 11) is 0. The average Bonchev–Trinajstić information content (AvgIpc) is 3.08. The van der Waals surface area contributed by atoms with Crippen molar-refractivity contribution in [3.8, 4) is 16.6 Å². The number of nitrogens with zero attached hydrogens (tertiary/aromatic N) is 3. The predicted molar refractivity (Wildman–Crippen MR) is 75.8 cm³/mol. The summed E-state index contributed by atoms with van der Waals surface area (Å²) < 4.78 is 0. The van der Waals surface area contributed by atoms with Gasteiger partial charge in [0.2, 0.25) is 0 Å². The quantitative estimate of drug-likeness (QED) is 0.787. The lowest BCUT2D eigenvalue weighted by molar-refractivity contribution is 0.795. The summed E-state index contributed by atoms with van der Waals surface area (Å²) in [5.41, 5.74) is 3.88. The van der Waals surface area contributed by atoms with Gasteiger partial charge in [-0.1, -0.05) is 6.92 Å². The van der Waals surface area contributed by atoms with Gasteiger partial charge in [-0.05, 0) is 24.6 Å². The minimum Gasteiger partial charge on any atom is -0.345 e. The fourth-order valence-corrected chi connectivity index (χ4v) is 2.88. The Kier molecular flexibility index (Phi) is 3.02. The summed E-state index contributed by atoms with van der Waals surface area (Å²) >= 11 is 1.58. The van der Waals surface area contributed by atoms with Crippen molar-refractivity contribution >= 4 is 22.4 Å². The summed E-state index contributed by atoms with van der Waals surface area (Å²) in [5, 5.41) is 12.0. The van der Waals surface area contributed by atoms with Crippen LogP contribution in [0.1, 0.15) is 25.0 Å². The van der Waals surface area contributed by atoms with Gasteiger partial charge < -0.3 is 4.98 Å². The SMILES string of the molecule is CCC(C#N)c1csc(-c2ccc3nc[nH]c3c2)n1. The Hall–Kier alpha value is -2.19. The first kappa shape index (κ1) is 11.9. The molecule has 0 saturated heterocycles. The Bertz CT molecular complexity index is 750. The molecule has 1 unspecified atom stereocenters. The molecule has 0 aliphatic carbocycles. The molecular formula is C14H12N4S. The number of nitriles is 1. The van der Waals surface area contributed by atoms with Crippen molar-refractivity contribution in [3.63, 3.8) is 0 Å². The molecule has 1 N–H and O–H groups in total. The predicted octanol–water partition coefficient (Wildman–Crippen LogP) is 3.70. The first-order valence-electron chi connectivity index (χ1n) is 6.10. The fourth-order valence-electron chi connectivity index (χ4n) is 2.01. The Morgan fingerprint density at radius 2 is 2.37 bits per heavy atom. The van der Waals surface area contributed by atoms with E-state index in [-0.39, 0.29) is 5.92 Å². The lowest BCUT2D eigenvalue weighted by Crippen LogP contribution is -1.93. The van der Waals surface area contributed by atoms with Crippen molar-refractivity contribution in [3.05, 3.63) is 35.6 Å². The molecule has 4 nitrogen and oxygen atoms in total. The van der Waals surface area contributed by atoms with E-state index in [2.05, 4.69) is 21.0 Å². The summed E-state index contributed by atoms with van der Waals surface area (Å²) in [6, 6.07) is 8.32. The lowest BCUT2D eigenvalue weighted by atomic mass is 10.1. The van der Waals surface area contributed by atoms with Gasteiger partial charge in [-0.15, -0.1) is 11.3 Å². The molecule has 94 valence electrons. The molecule has 0 saturated carbocycles. The molecule has 0 spiro atoms. The van der Waals surface area contributed by atoms with Crippen LogP contribution in [0.4, 0.5) is 0 Å². The van der Waals surface area contributed by atoms with E-state index in [0.29, 0.717) is 0 Å². The molecule has 3 aromatic rings. The highest BCUT2D eigenvalue weighted by Crippen LogP contribution is 2.29. The van der Waals surface area contributed by atoms with Crippen molar-refractivity contribution in [1.82, 2.24) is 15.0 Å². The Balaban J connectivity index is 2.00. The van der Waals surface area contributed by atoms with E-state index in [0.717, 1.165) is 33.7 Å². The second kappa shape index (κ2) is 4.82. The van der Waals surface area contributed by atoms with E-state index in [1.165, 1.54) is 0 Å². The maximum absolute atomic E-state index is 9.07. The van der Waals surface area contributed by atoms with Crippen LogP contribution in [0.15, 0.2) is 29.9 Å². The summed E-state index contributed by atoms with van der Waals surface area (Å²) in [5.74, 6) is -0.110. The van der Waals surface area contributed by atoms with Gasteiger partial charge in [0.05, 0.1) is 35.0 Å². The Morgan fingerprint density at radius 1 is 1.47 bits per heavy atom.